The first-order valence-corrected chi connectivity index (χ1v) is 8.68. The molecule has 5 nitrogen and oxygen atoms in total. The second-order valence-corrected chi connectivity index (χ2v) is 7.23. The van der Waals surface area contributed by atoms with Crippen molar-refractivity contribution >= 4 is 22.6 Å². The van der Waals surface area contributed by atoms with Crippen LogP contribution in [0.3, 0.4) is 0 Å². The van der Waals surface area contributed by atoms with Crippen molar-refractivity contribution in [1.29, 1.82) is 0 Å². The molecule has 2 rings (SSSR count). The van der Waals surface area contributed by atoms with Crippen LogP contribution < -0.4 is 10.0 Å². The molecule has 2 atom stereocenters. The molecule has 1 aliphatic rings. The minimum absolute atomic E-state index is 0. The normalized spacial score (nSPS) is 22.0. The number of benzene rings is 1. The van der Waals surface area contributed by atoms with E-state index in [0.717, 1.165) is 12.1 Å². The van der Waals surface area contributed by atoms with Crippen molar-refractivity contribution in [2.24, 2.45) is 0 Å². The lowest BCUT2D eigenvalue weighted by molar-refractivity contribution is 0.365. The Balaban J connectivity index is 0.00000264. The first kappa shape index (κ1) is 20.2. The summed E-state index contributed by atoms with van der Waals surface area (Å²) in [7, 11) is -2.10. The van der Waals surface area contributed by atoms with Crippen molar-refractivity contribution in [1.82, 2.24) is 14.3 Å². The summed E-state index contributed by atoms with van der Waals surface area (Å²) < 4.78 is 54.7. The highest BCUT2D eigenvalue weighted by Gasteiger charge is 2.31. The molecule has 1 fully saturated rings. The molecule has 23 heavy (non-hydrogen) atoms. The van der Waals surface area contributed by atoms with Gasteiger partial charge in [0.15, 0.2) is 11.6 Å². The molecular weight excluding hydrogens is 348 g/mol. The van der Waals surface area contributed by atoms with E-state index in [9.17, 15) is 17.2 Å². The van der Waals surface area contributed by atoms with Gasteiger partial charge in [-0.15, -0.1) is 12.4 Å². The highest BCUT2D eigenvalue weighted by atomic mass is 35.5. The topological polar surface area (TPSA) is 61.4 Å². The molecule has 1 saturated heterocycles. The molecule has 2 N–H and O–H groups in total. The number of hydrogen-bond donors (Lipinski definition) is 2. The molecule has 1 aliphatic heterocycles. The largest absolute Gasteiger partial charge is 0.315 e. The summed E-state index contributed by atoms with van der Waals surface area (Å²) in [5.74, 6) is -2.01. The maximum atomic E-state index is 13.4. The van der Waals surface area contributed by atoms with Gasteiger partial charge in [0, 0.05) is 32.1 Å². The first-order chi connectivity index (χ1) is 10.3. The van der Waals surface area contributed by atoms with Crippen LogP contribution in [0.15, 0.2) is 18.2 Å². The van der Waals surface area contributed by atoms with E-state index in [4.69, 9.17) is 0 Å². The van der Waals surface area contributed by atoms with Gasteiger partial charge in [-0.05, 0) is 30.7 Å². The van der Waals surface area contributed by atoms with Gasteiger partial charge in [-0.3, -0.25) is 0 Å². The van der Waals surface area contributed by atoms with Gasteiger partial charge in [-0.2, -0.15) is 17.4 Å². The van der Waals surface area contributed by atoms with Gasteiger partial charge in [0.2, 0.25) is 0 Å². The zero-order valence-corrected chi connectivity index (χ0v) is 14.7. The van der Waals surface area contributed by atoms with Crippen LogP contribution in [0, 0.1) is 11.6 Å². The lowest BCUT2D eigenvalue weighted by Gasteiger charge is -2.34. The molecule has 0 bridgehead atoms. The number of nitrogens with zero attached hydrogens (tertiary/aromatic N) is 1. The van der Waals surface area contributed by atoms with E-state index < -0.39 is 27.9 Å². The summed E-state index contributed by atoms with van der Waals surface area (Å²) in [5.41, 5.74) is 0.604. The second-order valence-electron chi connectivity index (χ2n) is 5.42. The number of nitrogens with one attached hydrogen (secondary N) is 2. The minimum atomic E-state index is -3.59. The third kappa shape index (κ3) is 4.84. The molecule has 1 aromatic carbocycles. The van der Waals surface area contributed by atoms with E-state index in [0.29, 0.717) is 31.6 Å². The summed E-state index contributed by atoms with van der Waals surface area (Å²) in [5, 5.41) is 3.13. The molecule has 0 aliphatic carbocycles. The monoisotopic (exact) mass is 369 g/mol. The molecule has 132 valence electrons. The zero-order valence-electron chi connectivity index (χ0n) is 13.1. The fourth-order valence-corrected chi connectivity index (χ4v) is 3.73. The van der Waals surface area contributed by atoms with E-state index in [-0.39, 0.29) is 18.3 Å². The van der Waals surface area contributed by atoms with Gasteiger partial charge in [0.05, 0.1) is 0 Å². The molecular formula is C14H22ClF2N3O2S. The van der Waals surface area contributed by atoms with Crippen molar-refractivity contribution in [2.75, 3.05) is 26.7 Å². The average Bonchev–Trinajstić information content (AvgIpc) is 2.49. The first-order valence-electron chi connectivity index (χ1n) is 7.24. The fraction of sp³-hybridized carbons (Fsp3) is 0.571. The van der Waals surface area contributed by atoms with Gasteiger partial charge < -0.3 is 5.32 Å². The fourth-order valence-electron chi connectivity index (χ4n) is 2.58. The van der Waals surface area contributed by atoms with Crippen LogP contribution in [0.25, 0.3) is 0 Å². The molecule has 1 aromatic rings. The lowest BCUT2D eigenvalue weighted by Crippen LogP contribution is -2.53. The summed E-state index contributed by atoms with van der Waals surface area (Å²) >= 11 is 0. The van der Waals surface area contributed by atoms with E-state index in [1.54, 1.807) is 6.92 Å². The maximum absolute atomic E-state index is 13.4. The second kappa shape index (κ2) is 8.34. The number of hydrogen-bond acceptors (Lipinski definition) is 3. The Labute approximate surface area is 142 Å². The molecule has 0 radical (unpaired) electrons. The van der Waals surface area contributed by atoms with Gasteiger partial charge in [0.25, 0.3) is 10.2 Å². The highest BCUT2D eigenvalue weighted by molar-refractivity contribution is 7.87. The Morgan fingerprint density at radius 2 is 2.04 bits per heavy atom. The SMILES string of the molecule is CCN(C)S(=O)(=O)NC1CNCCC1c1ccc(F)c(F)c1.Cl. The van der Waals surface area contributed by atoms with Crippen LogP contribution in [0.1, 0.15) is 24.8 Å². The Bertz CT molecular complexity index is 630. The van der Waals surface area contributed by atoms with E-state index >= 15 is 0 Å². The van der Waals surface area contributed by atoms with Crippen molar-refractivity contribution in [3.8, 4) is 0 Å². The van der Waals surface area contributed by atoms with Crippen LogP contribution in [0.4, 0.5) is 8.78 Å². The van der Waals surface area contributed by atoms with Gasteiger partial charge >= 0.3 is 0 Å². The smallest absolute Gasteiger partial charge is 0.279 e. The number of halogens is 3. The Kier molecular flexibility index (Phi) is 7.34. The average molecular weight is 370 g/mol. The standard InChI is InChI=1S/C14H21F2N3O2S.ClH/c1-3-19(2)22(20,21)18-14-9-17-7-6-11(14)10-4-5-12(15)13(16)8-10;/h4-5,8,11,14,17-18H,3,6-7,9H2,1-2H3;1H. The van der Waals surface area contributed by atoms with Crippen LogP contribution in [-0.2, 0) is 10.2 Å². The molecule has 1 heterocycles. The van der Waals surface area contributed by atoms with Crippen molar-refractivity contribution in [2.45, 2.75) is 25.3 Å². The number of piperidine rings is 1. The van der Waals surface area contributed by atoms with Crippen LogP contribution >= 0.6 is 12.4 Å². The van der Waals surface area contributed by atoms with E-state index in [2.05, 4.69) is 10.0 Å². The summed E-state index contributed by atoms with van der Waals surface area (Å²) in [6.45, 7) is 3.24. The van der Waals surface area contributed by atoms with Gasteiger partial charge in [-0.25, -0.2) is 8.78 Å². The predicted molar refractivity (Wildman–Crippen MR) is 88.0 cm³/mol. The third-order valence-electron chi connectivity index (χ3n) is 4.01. The van der Waals surface area contributed by atoms with Gasteiger partial charge in [0.1, 0.15) is 0 Å². The maximum Gasteiger partial charge on any atom is 0.279 e. The lowest BCUT2D eigenvalue weighted by atomic mass is 9.86. The molecule has 0 spiro atoms. The molecule has 9 heteroatoms. The van der Waals surface area contributed by atoms with Gasteiger partial charge in [-0.1, -0.05) is 13.0 Å². The van der Waals surface area contributed by atoms with E-state index in [1.807, 2.05) is 0 Å². The number of rotatable bonds is 5. The summed E-state index contributed by atoms with van der Waals surface area (Å²) in [6, 6.07) is 3.34. The summed E-state index contributed by atoms with van der Waals surface area (Å²) in [4.78, 5) is 0. The minimum Gasteiger partial charge on any atom is -0.315 e. The molecule has 0 saturated carbocycles. The molecule has 0 amide bonds. The van der Waals surface area contributed by atoms with Crippen LogP contribution in [0.2, 0.25) is 0 Å². The van der Waals surface area contributed by atoms with Crippen LogP contribution in [0.5, 0.6) is 0 Å². The Morgan fingerprint density at radius 1 is 1.35 bits per heavy atom. The Hall–Kier alpha value is -0.800. The van der Waals surface area contributed by atoms with Crippen LogP contribution in [-0.4, -0.2) is 45.4 Å². The van der Waals surface area contributed by atoms with Crippen molar-refractivity contribution in [3.63, 3.8) is 0 Å². The quantitative estimate of drug-likeness (QED) is 0.829. The van der Waals surface area contributed by atoms with Crippen molar-refractivity contribution in [3.05, 3.63) is 35.4 Å². The van der Waals surface area contributed by atoms with E-state index in [1.165, 1.54) is 17.4 Å². The molecule has 0 aromatic heterocycles. The van der Waals surface area contributed by atoms with Crippen molar-refractivity contribution < 1.29 is 17.2 Å². The third-order valence-corrected chi connectivity index (χ3v) is 5.69. The Morgan fingerprint density at radius 3 is 2.65 bits per heavy atom. The molecule has 2 unspecified atom stereocenters. The predicted octanol–water partition coefficient (Wildman–Crippen LogP) is 1.62. The highest BCUT2D eigenvalue weighted by Crippen LogP contribution is 2.27. The zero-order chi connectivity index (χ0) is 16.3. The summed E-state index contributed by atoms with van der Waals surface area (Å²) in [6.07, 6.45) is 0.647.